The van der Waals surface area contributed by atoms with Gasteiger partial charge < -0.3 is 20.1 Å². The number of rotatable bonds is 3. The second-order valence-corrected chi connectivity index (χ2v) is 6.09. The summed E-state index contributed by atoms with van der Waals surface area (Å²) >= 11 is 0. The fourth-order valence-electron chi connectivity index (χ4n) is 3.41. The summed E-state index contributed by atoms with van der Waals surface area (Å²) in [4.78, 5) is 15.8. The van der Waals surface area contributed by atoms with Crippen LogP contribution in [0, 0.1) is 0 Å². The molecular formula is C19H18N2O3. The van der Waals surface area contributed by atoms with Crippen molar-refractivity contribution >= 4 is 16.8 Å². The number of phenolic OH excluding ortho intramolecular Hbond substituents is 1. The summed E-state index contributed by atoms with van der Waals surface area (Å²) in [5.41, 5.74) is 3.78. The van der Waals surface area contributed by atoms with Gasteiger partial charge in [0.25, 0.3) is 5.91 Å². The van der Waals surface area contributed by atoms with Gasteiger partial charge in [0.1, 0.15) is 11.5 Å². The fraction of sp³-hybridized carbons (Fsp3) is 0.211. The van der Waals surface area contributed by atoms with Crippen LogP contribution < -0.4 is 10.1 Å². The Hall–Kier alpha value is -2.95. The molecule has 0 saturated carbocycles. The Morgan fingerprint density at radius 2 is 2.08 bits per heavy atom. The Labute approximate surface area is 139 Å². The third kappa shape index (κ3) is 2.38. The van der Waals surface area contributed by atoms with Crippen molar-refractivity contribution in [1.82, 2.24) is 10.3 Å². The molecule has 24 heavy (non-hydrogen) atoms. The molecule has 4 rings (SSSR count). The lowest BCUT2D eigenvalue weighted by molar-refractivity contribution is 0.0936. The summed E-state index contributed by atoms with van der Waals surface area (Å²) < 4.78 is 5.30. The molecule has 1 heterocycles. The molecule has 1 aliphatic carbocycles. The molecule has 0 fully saturated rings. The Morgan fingerprint density at radius 3 is 2.88 bits per heavy atom. The van der Waals surface area contributed by atoms with E-state index in [0.29, 0.717) is 5.56 Å². The number of hydrogen-bond acceptors (Lipinski definition) is 3. The van der Waals surface area contributed by atoms with E-state index in [9.17, 15) is 9.90 Å². The van der Waals surface area contributed by atoms with Gasteiger partial charge in [-0.15, -0.1) is 0 Å². The molecule has 1 atom stereocenters. The third-order valence-corrected chi connectivity index (χ3v) is 4.59. The molecule has 1 amide bonds. The summed E-state index contributed by atoms with van der Waals surface area (Å²) in [7, 11) is 1.66. The molecule has 2 aromatic carbocycles. The zero-order chi connectivity index (χ0) is 16.7. The first-order valence-corrected chi connectivity index (χ1v) is 7.92. The molecule has 0 aliphatic heterocycles. The minimum absolute atomic E-state index is 0.00158. The Balaban J connectivity index is 1.55. The summed E-state index contributed by atoms with van der Waals surface area (Å²) in [5.74, 6) is 0.581. The zero-order valence-electron chi connectivity index (χ0n) is 13.3. The van der Waals surface area contributed by atoms with Crippen molar-refractivity contribution in [3.8, 4) is 11.5 Å². The predicted octanol–water partition coefficient (Wildman–Crippen LogP) is 2.78. The first-order valence-electron chi connectivity index (χ1n) is 7.92. The maximum Gasteiger partial charge on any atom is 0.255 e. The molecule has 1 aromatic heterocycles. The molecule has 5 heteroatoms. The van der Waals surface area contributed by atoms with Gasteiger partial charge in [-0.1, -0.05) is 12.1 Å². The number of phenols is 1. The molecule has 1 aliphatic rings. The number of hydrogen-bond donors (Lipinski definition) is 3. The summed E-state index contributed by atoms with van der Waals surface area (Å²) in [6, 6.07) is 12.6. The number of nitrogens with one attached hydrogen (secondary N) is 2. The highest BCUT2D eigenvalue weighted by atomic mass is 16.5. The average Bonchev–Trinajstić information content (AvgIpc) is 3.11. The fourth-order valence-corrected chi connectivity index (χ4v) is 3.41. The minimum atomic E-state index is -0.245. The second-order valence-electron chi connectivity index (χ2n) is 6.09. The van der Waals surface area contributed by atoms with Crippen LogP contribution in [0.4, 0.5) is 0 Å². The van der Waals surface area contributed by atoms with Gasteiger partial charge in [-0.3, -0.25) is 4.79 Å². The largest absolute Gasteiger partial charge is 0.507 e. The van der Waals surface area contributed by atoms with Crippen molar-refractivity contribution in [2.75, 3.05) is 7.11 Å². The lowest BCUT2D eigenvalue weighted by Crippen LogP contribution is -2.35. The van der Waals surface area contributed by atoms with Crippen LogP contribution in [0.15, 0.2) is 42.5 Å². The lowest BCUT2D eigenvalue weighted by Gasteiger charge is -2.13. The van der Waals surface area contributed by atoms with Crippen molar-refractivity contribution in [2.24, 2.45) is 0 Å². The van der Waals surface area contributed by atoms with Gasteiger partial charge in [0.2, 0.25) is 0 Å². The van der Waals surface area contributed by atoms with Gasteiger partial charge >= 0.3 is 0 Å². The van der Waals surface area contributed by atoms with E-state index in [2.05, 4.69) is 10.3 Å². The number of aromatic nitrogens is 1. The van der Waals surface area contributed by atoms with Crippen LogP contribution in [0.25, 0.3) is 10.9 Å². The van der Waals surface area contributed by atoms with Gasteiger partial charge in [-0.2, -0.15) is 0 Å². The van der Waals surface area contributed by atoms with Gasteiger partial charge in [-0.05, 0) is 42.3 Å². The summed E-state index contributed by atoms with van der Waals surface area (Å²) in [6.45, 7) is 0. The lowest BCUT2D eigenvalue weighted by atomic mass is 10.1. The van der Waals surface area contributed by atoms with Crippen molar-refractivity contribution in [1.29, 1.82) is 0 Å². The highest BCUT2D eigenvalue weighted by Crippen LogP contribution is 2.32. The molecular weight excluding hydrogens is 304 g/mol. The summed E-state index contributed by atoms with van der Waals surface area (Å²) in [5, 5.41) is 14.0. The van der Waals surface area contributed by atoms with Gasteiger partial charge in [0.15, 0.2) is 0 Å². The standard InChI is InChI=1S/C19H18N2O3/c1-24-12-6-7-16-15(10-12)14-8-11(9-17(14)21-16)20-19(23)13-4-2-3-5-18(13)22/h2-7,10-11,21-22H,8-9H2,1H3,(H,20,23). The number of ether oxygens (including phenoxy) is 1. The van der Waals surface area contributed by atoms with Crippen molar-refractivity contribution in [3.63, 3.8) is 0 Å². The van der Waals surface area contributed by atoms with E-state index < -0.39 is 0 Å². The number of benzene rings is 2. The number of aromatic hydroxyl groups is 1. The molecule has 3 aromatic rings. The van der Waals surface area contributed by atoms with Crippen LogP contribution in [-0.4, -0.2) is 29.1 Å². The maximum absolute atomic E-state index is 12.4. The third-order valence-electron chi connectivity index (χ3n) is 4.59. The molecule has 0 saturated heterocycles. The van der Waals surface area contributed by atoms with E-state index in [4.69, 9.17) is 4.74 Å². The molecule has 0 bridgehead atoms. The second kappa shape index (κ2) is 5.60. The highest BCUT2D eigenvalue weighted by molar-refractivity contribution is 5.97. The first-order chi connectivity index (χ1) is 11.7. The van der Waals surface area contributed by atoms with Crippen LogP contribution in [0.2, 0.25) is 0 Å². The van der Waals surface area contributed by atoms with Gasteiger partial charge in [0.05, 0.1) is 12.7 Å². The maximum atomic E-state index is 12.4. The van der Waals surface area contributed by atoms with E-state index in [1.54, 1.807) is 25.3 Å². The number of methoxy groups -OCH3 is 1. The van der Waals surface area contributed by atoms with E-state index >= 15 is 0 Å². The Morgan fingerprint density at radius 1 is 1.25 bits per heavy atom. The summed E-state index contributed by atoms with van der Waals surface area (Å²) in [6.07, 6.45) is 1.52. The van der Waals surface area contributed by atoms with Crippen LogP contribution >= 0.6 is 0 Å². The van der Waals surface area contributed by atoms with E-state index in [1.165, 1.54) is 11.6 Å². The quantitative estimate of drug-likeness (QED) is 0.694. The van der Waals surface area contributed by atoms with Gasteiger partial charge in [-0.25, -0.2) is 0 Å². The van der Waals surface area contributed by atoms with Gasteiger partial charge in [0, 0.05) is 29.1 Å². The number of para-hydroxylation sites is 1. The van der Waals surface area contributed by atoms with E-state index in [-0.39, 0.29) is 17.7 Å². The zero-order valence-corrected chi connectivity index (χ0v) is 13.3. The van der Waals surface area contributed by atoms with E-state index in [1.807, 2.05) is 18.2 Å². The molecule has 5 nitrogen and oxygen atoms in total. The monoisotopic (exact) mass is 322 g/mol. The predicted molar refractivity (Wildman–Crippen MR) is 91.6 cm³/mol. The van der Waals surface area contributed by atoms with E-state index in [0.717, 1.165) is 35.2 Å². The number of fused-ring (bicyclic) bond motifs is 3. The highest BCUT2D eigenvalue weighted by Gasteiger charge is 2.27. The van der Waals surface area contributed by atoms with Crippen LogP contribution in [-0.2, 0) is 12.8 Å². The topological polar surface area (TPSA) is 74.3 Å². The molecule has 0 spiro atoms. The number of carbonyl (C=O) groups is 1. The first kappa shape index (κ1) is 14.6. The number of aromatic amines is 1. The Kier molecular flexibility index (Phi) is 3.41. The molecule has 122 valence electrons. The number of carbonyl (C=O) groups excluding carboxylic acids is 1. The number of H-pyrrole nitrogens is 1. The molecule has 1 unspecified atom stereocenters. The van der Waals surface area contributed by atoms with Crippen LogP contribution in [0.1, 0.15) is 21.6 Å². The smallest absolute Gasteiger partial charge is 0.255 e. The molecule has 3 N–H and O–H groups in total. The molecule has 0 radical (unpaired) electrons. The average molecular weight is 322 g/mol. The number of amides is 1. The van der Waals surface area contributed by atoms with Crippen molar-refractivity contribution in [2.45, 2.75) is 18.9 Å². The normalized spacial score (nSPS) is 16.1. The SMILES string of the molecule is COc1ccc2[nH]c3c(c2c1)CC(NC(=O)c1ccccc1O)C3. The van der Waals surface area contributed by atoms with Crippen LogP contribution in [0.5, 0.6) is 11.5 Å². The minimum Gasteiger partial charge on any atom is -0.507 e. The van der Waals surface area contributed by atoms with Crippen LogP contribution in [0.3, 0.4) is 0 Å². The van der Waals surface area contributed by atoms with Crippen molar-refractivity contribution in [3.05, 3.63) is 59.3 Å². The Bertz CT molecular complexity index is 930. The van der Waals surface area contributed by atoms with Crippen molar-refractivity contribution < 1.29 is 14.6 Å².